The first-order valence-electron chi connectivity index (χ1n) is 6.15. The third kappa shape index (κ3) is 4.54. The highest BCUT2D eigenvalue weighted by Gasteiger charge is 2.10. The Bertz CT molecular complexity index is 640. The zero-order chi connectivity index (χ0) is 15.2. The van der Waals surface area contributed by atoms with Crippen molar-refractivity contribution in [2.24, 2.45) is 7.05 Å². The molecule has 0 unspecified atom stereocenters. The number of hydrazine groups is 1. The SMILES string of the molecule is Cn1cccc1C(=O)NNC(=O)CSc1ccc(Cl)cc1. The molecule has 0 saturated carbocycles. The van der Waals surface area contributed by atoms with E-state index in [4.69, 9.17) is 11.6 Å². The van der Waals surface area contributed by atoms with Crippen molar-refractivity contribution in [2.45, 2.75) is 4.90 Å². The summed E-state index contributed by atoms with van der Waals surface area (Å²) >= 11 is 7.14. The van der Waals surface area contributed by atoms with E-state index in [1.807, 2.05) is 12.1 Å². The van der Waals surface area contributed by atoms with Gasteiger partial charge in [0.25, 0.3) is 5.91 Å². The lowest BCUT2D eigenvalue weighted by Gasteiger charge is -2.08. The minimum atomic E-state index is -0.354. The van der Waals surface area contributed by atoms with Crippen molar-refractivity contribution in [1.82, 2.24) is 15.4 Å². The smallest absolute Gasteiger partial charge is 0.286 e. The Morgan fingerprint density at radius 1 is 1.19 bits per heavy atom. The summed E-state index contributed by atoms with van der Waals surface area (Å²) in [5.74, 6) is -0.431. The lowest BCUT2D eigenvalue weighted by molar-refractivity contribution is -0.119. The summed E-state index contributed by atoms with van der Waals surface area (Å²) in [6, 6.07) is 10.6. The maximum absolute atomic E-state index is 11.8. The van der Waals surface area contributed by atoms with Gasteiger partial charge in [0.2, 0.25) is 5.91 Å². The second-order valence-corrected chi connectivity index (χ2v) is 5.73. The standard InChI is InChI=1S/C14H14ClN3O2S/c1-18-8-2-3-12(18)14(20)17-16-13(19)9-21-11-6-4-10(15)5-7-11/h2-8H,9H2,1H3,(H,16,19)(H,17,20). The normalized spacial score (nSPS) is 10.2. The second-order valence-electron chi connectivity index (χ2n) is 4.25. The van der Waals surface area contributed by atoms with Crippen LogP contribution >= 0.6 is 23.4 Å². The maximum Gasteiger partial charge on any atom is 0.286 e. The number of hydrogen-bond donors (Lipinski definition) is 2. The van der Waals surface area contributed by atoms with E-state index in [0.29, 0.717) is 10.7 Å². The summed E-state index contributed by atoms with van der Waals surface area (Å²) in [4.78, 5) is 24.4. The molecule has 1 aromatic carbocycles. The number of nitrogens with zero attached hydrogens (tertiary/aromatic N) is 1. The molecule has 0 fully saturated rings. The van der Waals surface area contributed by atoms with Crippen LogP contribution in [0.3, 0.4) is 0 Å². The lowest BCUT2D eigenvalue weighted by atomic mass is 10.4. The molecule has 2 aromatic rings. The minimum absolute atomic E-state index is 0.203. The van der Waals surface area contributed by atoms with Crippen LogP contribution < -0.4 is 10.9 Å². The monoisotopic (exact) mass is 323 g/mol. The predicted octanol–water partition coefficient (Wildman–Crippen LogP) is 2.23. The number of carbonyl (C=O) groups excluding carboxylic acids is 2. The van der Waals surface area contributed by atoms with Gasteiger partial charge in [-0.25, -0.2) is 0 Å². The van der Waals surface area contributed by atoms with Gasteiger partial charge in [0.05, 0.1) is 5.75 Å². The molecule has 1 aromatic heterocycles. The van der Waals surface area contributed by atoms with Crippen molar-refractivity contribution in [2.75, 3.05) is 5.75 Å². The quantitative estimate of drug-likeness (QED) is 0.670. The molecule has 0 aliphatic carbocycles. The van der Waals surface area contributed by atoms with Gasteiger partial charge in [-0.15, -0.1) is 11.8 Å². The largest absolute Gasteiger partial charge is 0.347 e. The summed E-state index contributed by atoms with van der Waals surface area (Å²) < 4.78 is 1.67. The highest BCUT2D eigenvalue weighted by atomic mass is 35.5. The molecule has 2 N–H and O–H groups in total. The molecule has 7 heteroatoms. The molecule has 0 radical (unpaired) electrons. The Morgan fingerprint density at radius 3 is 2.52 bits per heavy atom. The van der Waals surface area contributed by atoms with E-state index >= 15 is 0 Å². The second kappa shape index (κ2) is 7.19. The molecule has 21 heavy (non-hydrogen) atoms. The molecule has 0 aliphatic heterocycles. The van der Waals surface area contributed by atoms with Crippen molar-refractivity contribution in [3.05, 3.63) is 53.3 Å². The Morgan fingerprint density at radius 2 is 1.90 bits per heavy atom. The van der Waals surface area contributed by atoms with Crippen molar-refractivity contribution in [1.29, 1.82) is 0 Å². The van der Waals surface area contributed by atoms with Crippen LogP contribution in [0.15, 0.2) is 47.5 Å². The topological polar surface area (TPSA) is 63.1 Å². The van der Waals surface area contributed by atoms with E-state index in [1.54, 1.807) is 42.1 Å². The van der Waals surface area contributed by atoms with Gasteiger partial charge in [-0.1, -0.05) is 11.6 Å². The lowest BCUT2D eigenvalue weighted by Crippen LogP contribution is -2.43. The number of rotatable bonds is 4. The zero-order valence-electron chi connectivity index (χ0n) is 11.3. The minimum Gasteiger partial charge on any atom is -0.347 e. The molecule has 0 saturated heterocycles. The zero-order valence-corrected chi connectivity index (χ0v) is 12.9. The van der Waals surface area contributed by atoms with Crippen molar-refractivity contribution in [3.63, 3.8) is 0 Å². The van der Waals surface area contributed by atoms with Gasteiger partial charge >= 0.3 is 0 Å². The summed E-state index contributed by atoms with van der Waals surface area (Å²) in [6.07, 6.45) is 1.76. The first kappa shape index (κ1) is 15.5. The molecule has 0 bridgehead atoms. The maximum atomic E-state index is 11.8. The fourth-order valence-corrected chi connectivity index (χ4v) is 2.43. The van der Waals surface area contributed by atoms with Crippen molar-refractivity contribution < 1.29 is 9.59 Å². The van der Waals surface area contributed by atoms with Gasteiger partial charge in [-0.3, -0.25) is 20.4 Å². The summed E-state index contributed by atoms with van der Waals surface area (Å²) in [7, 11) is 1.76. The van der Waals surface area contributed by atoms with E-state index in [2.05, 4.69) is 10.9 Å². The molecule has 0 aliphatic rings. The summed E-state index contributed by atoms with van der Waals surface area (Å²) in [5, 5.41) is 0.652. The Hall–Kier alpha value is -1.92. The number of amides is 2. The van der Waals surface area contributed by atoms with Crippen molar-refractivity contribution in [3.8, 4) is 0 Å². The molecule has 110 valence electrons. The fraction of sp³-hybridized carbons (Fsp3) is 0.143. The van der Waals surface area contributed by atoms with Crippen LogP contribution in [0.1, 0.15) is 10.5 Å². The van der Waals surface area contributed by atoms with Crippen LogP contribution in [0.25, 0.3) is 0 Å². The Balaban J connectivity index is 1.76. The predicted molar refractivity (Wildman–Crippen MR) is 83.2 cm³/mol. The van der Waals surface area contributed by atoms with Crippen LogP contribution in [-0.4, -0.2) is 22.1 Å². The average molecular weight is 324 g/mol. The number of halogens is 1. The molecule has 0 atom stereocenters. The summed E-state index contributed by atoms with van der Waals surface area (Å²) in [5.41, 5.74) is 5.23. The molecular formula is C14H14ClN3O2S. The number of hydrogen-bond acceptors (Lipinski definition) is 3. The summed E-state index contributed by atoms with van der Waals surface area (Å²) in [6.45, 7) is 0. The van der Waals surface area contributed by atoms with Crippen LogP contribution in [0.4, 0.5) is 0 Å². The van der Waals surface area contributed by atoms with Gasteiger partial charge in [0.1, 0.15) is 5.69 Å². The van der Waals surface area contributed by atoms with E-state index in [0.717, 1.165) is 4.90 Å². The number of benzene rings is 1. The van der Waals surface area contributed by atoms with E-state index in [-0.39, 0.29) is 17.6 Å². The van der Waals surface area contributed by atoms with Crippen molar-refractivity contribution >= 4 is 35.2 Å². The first-order chi connectivity index (χ1) is 10.1. The number of aromatic nitrogens is 1. The van der Waals surface area contributed by atoms with Crippen LogP contribution in [-0.2, 0) is 11.8 Å². The van der Waals surface area contributed by atoms with Gasteiger partial charge < -0.3 is 4.57 Å². The third-order valence-corrected chi connectivity index (χ3v) is 3.94. The number of carbonyl (C=O) groups is 2. The van der Waals surface area contributed by atoms with Gasteiger partial charge in [0.15, 0.2) is 0 Å². The first-order valence-corrected chi connectivity index (χ1v) is 7.51. The highest BCUT2D eigenvalue weighted by molar-refractivity contribution is 8.00. The van der Waals surface area contributed by atoms with Crippen LogP contribution in [0.2, 0.25) is 5.02 Å². The Labute approximate surface area is 131 Å². The number of thioether (sulfide) groups is 1. The number of aryl methyl sites for hydroxylation is 1. The molecule has 0 spiro atoms. The fourth-order valence-electron chi connectivity index (χ4n) is 1.60. The van der Waals surface area contributed by atoms with Crippen LogP contribution in [0.5, 0.6) is 0 Å². The molecule has 5 nitrogen and oxygen atoms in total. The molecule has 2 amide bonds. The number of nitrogens with one attached hydrogen (secondary N) is 2. The van der Waals surface area contributed by atoms with E-state index in [9.17, 15) is 9.59 Å². The molecular weight excluding hydrogens is 310 g/mol. The third-order valence-electron chi connectivity index (χ3n) is 2.68. The van der Waals surface area contributed by atoms with Gasteiger partial charge in [-0.2, -0.15) is 0 Å². The van der Waals surface area contributed by atoms with Gasteiger partial charge in [-0.05, 0) is 36.4 Å². The van der Waals surface area contributed by atoms with Gasteiger partial charge in [0, 0.05) is 23.2 Å². The van der Waals surface area contributed by atoms with E-state index in [1.165, 1.54) is 11.8 Å². The van der Waals surface area contributed by atoms with Crippen LogP contribution in [0, 0.1) is 0 Å². The molecule has 1 heterocycles. The Kier molecular flexibility index (Phi) is 5.30. The molecule has 2 rings (SSSR count). The average Bonchev–Trinajstić information content (AvgIpc) is 2.90. The van der Waals surface area contributed by atoms with E-state index < -0.39 is 0 Å². The highest BCUT2D eigenvalue weighted by Crippen LogP contribution is 2.19.